The van der Waals surface area contributed by atoms with Gasteiger partial charge in [-0.1, -0.05) is 24.6 Å². The molecule has 1 aromatic heterocycles. The van der Waals surface area contributed by atoms with Gasteiger partial charge in [0.05, 0.1) is 0 Å². The van der Waals surface area contributed by atoms with Crippen molar-refractivity contribution in [3.8, 4) is 11.4 Å². The first-order chi connectivity index (χ1) is 9.47. The topological polar surface area (TPSA) is 80.9 Å². The second-order valence-electron chi connectivity index (χ2n) is 5.21. The second kappa shape index (κ2) is 5.81. The monoisotopic (exact) mass is 274 g/mol. The highest BCUT2D eigenvalue weighted by Crippen LogP contribution is 2.22. The number of carbonyl (C=O) groups is 1. The fraction of sp³-hybridized carbons (Fsp3) is 0.429. The molecule has 0 aliphatic heterocycles. The van der Waals surface area contributed by atoms with Gasteiger partial charge in [-0.3, -0.25) is 4.79 Å². The van der Waals surface area contributed by atoms with Crippen molar-refractivity contribution in [3.05, 3.63) is 29.3 Å². The molecule has 6 nitrogen and oxygen atoms in total. The maximum atomic E-state index is 10.7. The van der Waals surface area contributed by atoms with E-state index in [4.69, 9.17) is 5.11 Å². The lowest BCUT2D eigenvalue weighted by Gasteiger charge is -2.11. The number of aryl methyl sites for hydroxylation is 2. The van der Waals surface area contributed by atoms with Gasteiger partial charge in [0.25, 0.3) is 0 Å². The Bertz CT molecular complexity index is 621. The van der Waals surface area contributed by atoms with Gasteiger partial charge in [-0.25, -0.2) is 4.68 Å². The first kappa shape index (κ1) is 14.2. The predicted octanol–water partition coefficient (Wildman–Crippen LogP) is 2.07. The summed E-state index contributed by atoms with van der Waals surface area (Å²) in [5.74, 6) is -0.151. The van der Waals surface area contributed by atoms with Gasteiger partial charge in [0.2, 0.25) is 0 Å². The summed E-state index contributed by atoms with van der Waals surface area (Å²) in [6.45, 7) is 6.39. The molecule has 6 heteroatoms. The first-order valence-electron chi connectivity index (χ1n) is 6.53. The van der Waals surface area contributed by atoms with E-state index < -0.39 is 5.97 Å². The zero-order chi connectivity index (χ0) is 14.7. The predicted molar refractivity (Wildman–Crippen MR) is 74.1 cm³/mol. The number of hydrogen-bond acceptors (Lipinski definition) is 4. The summed E-state index contributed by atoms with van der Waals surface area (Å²) in [6.07, 6.45) is 0.103. The third-order valence-corrected chi connectivity index (χ3v) is 3.17. The minimum Gasteiger partial charge on any atom is -0.481 e. The molecule has 0 aliphatic rings. The molecule has 2 rings (SSSR count). The van der Waals surface area contributed by atoms with Crippen molar-refractivity contribution >= 4 is 5.97 Å². The van der Waals surface area contributed by atoms with Crippen molar-refractivity contribution in [2.45, 2.75) is 33.7 Å². The van der Waals surface area contributed by atoms with E-state index in [1.165, 1.54) is 0 Å². The Labute approximate surface area is 117 Å². The lowest BCUT2D eigenvalue weighted by Crippen LogP contribution is -2.14. The Kier molecular flexibility index (Phi) is 4.12. The molecule has 0 radical (unpaired) electrons. The quantitative estimate of drug-likeness (QED) is 0.902. The third-order valence-electron chi connectivity index (χ3n) is 3.17. The van der Waals surface area contributed by atoms with Crippen molar-refractivity contribution < 1.29 is 9.90 Å². The number of aliphatic carboxylic acids is 1. The standard InChI is InChI=1S/C14H18N4O2/c1-9-4-5-11(3)12(6-9)14-15-16-17-18(14)8-10(2)7-13(19)20/h4-6,10H,7-8H2,1-3H3,(H,19,20). The van der Waals surface area contributed by atoms with Crippen LogP contribution in [0.2, 0.25) is 0 Å². The van der Waals surface area contributed by atoms with E-state index in [-0.39, 0.29) is 12.3 Å². The van der Waals surface area contributed by atoms with Gasteiger partial charge in [-0.05, 0) is 41.8 Å². The van der Waals surface area contributed by atoms with Crippen LogP contribution in [0.5, 0.6) is 0 Å². The summed E-state index contributed by atoms with van der Waals surface area (Å²) < 4.78 is 1.68. The molecule has 1 heterocycles. The van der Waals surface area contributed by atoms with Crippen molar-refractivity contribution in [1.82, 2.24) is 20.2 Å². The normalized spacial score (nSPS) is 12.3. The molecule has 1 unspecified atom stereocenters. The lowest BCUT2D eigenvalue weighted by atomic mass is 10.0. The van der Waals surface area contributed by atoms with Gasteiger partial charge < -0.3 is 5.11 Å². The third kappa shape index (κ3) is 3.20. The SMILES string of the molecule is Cc1ccc(C)c(-c2nnnn2CC(C)CC(=O)O)c1. The van der Waals surface area contributed by atoms with Crippen molar-refractivity contribution in [2.24, 2.45) is 5.92 Å². The molecule has 1 N–H and O–H groups in total. The zero-order valence-electron chi connectivity index (χ0n) is 11.9. The first-order valence-corrected chi connectivity index (χ1v) is 6.53. The summed E-state index contributed by atoms with van der Waals surface area (Å²) >= 11 is 0. The Morgan fingerprint density at radius 2 is 2.15 bits per heavy atom. The van der Waals surface area contributed by atoms with Gasteiger partial charge in [-0.15, -0.1) is 5.10 Å². The van der Waals surface area contributed by atoms with E-state index in [0.717, 1.165) is 16.7 Å². The van der Waals surface area contributed by atoms with E-state index in [1.54, 1.807) is 4.68 Å². The summed E-state index contributed by atoms with van der Waals surface area (Å²) in [5, 5.41) is 20.6. The summed E-state index contributed by atoms with van der Waals surface area (Å²) in [6, 6.07) is 6.11. The van der Waals surface area contributed by atoms with Crippen LogP contribution in [-0.4, -0.2) is 31.3 Å². The molecule has 1 aromatic carbocycles. The number of rotatable bonds is 5. The van der Waals surface area contributed by atoms with E-state index in [0.29, 0.717) is 12.4 Å². The molecule has 106 valence electrons. The molecule has 20 heavy (non-hydrogen) atoms. The van der Waals surface area contributed by atoms with Crippen LogP contribution in [0, 0.1) is 19.8 Å². The molecule has 0 saturated carbocycles. The largest absolute Gasteiger partial charge is 0.481 e. The van der Waals surface area contributed by atoms with Crippen LogP contribution in [0.25, 0.3) is 11.4 Å². The van der Waals surface area contributed by atoms with Crippen LogP contribution in [0.4, 0.5) is 0 Å². The smallest absolute Gasteiger partial charge is 0.303 e. The maximum Gasteiger partial charge on any atom is 0.303 e. The van der Waals surface area contributed by atoms with Crippen molar-refractivity contribution in [3.63, 3.8) is 0 Å². The highest BCUT2D eigenvalue weighted by Gasteiger charge is 2.15. The zero-order valence-corrected chi connectivity index (χ0v) is 11.9. The molecule has 0 aliphatic carbocycles. The maximum absolute atomic E-state index is 10.7. The molecule has 0 saturated heterocycles. The summed E-state index contributed by atoms with van der Waals surface area (Å²) in [5.41, 5.74) is 3.22. The van der Waals surface area contributed by atoms with E-state index >= 15 is 0 Å². The molecule has 0 spiro atoms. The molecular formula is C14H18N4O2. The molecule has 2 aromatic rings. The van der Waals surface area contributed by atoms with Gasteiger partial charge >= 0.3 is 5.97 Å². The minimum atomic E-state index is -0.807. The Morgan fingerprint density at radius 1 is 1.40 bits per heavy atom. The lowest BCUT2D eigenvalue weighted by molar-refractivity contribution is -0.138. The van der Waals surface area contributed by atoms with Crippen LogP contribution in [0.3, 0.4) is 0 Å². The number of nitrogens with zero attached hydrogens (tertiary/aromatic N) is 4. The van der Waals surface area contributed by atoms with Crippen LogP contribution in [-0.2, 0) is 11.3 Å². The highest BCUT2D eigenvalue weighted by molar-refractivity contribution is 5.67. The van der Waals surface area contributed by atoms with Crippen LogP contribution >= 0.6 is 0 Å². The van der Waals surface area contributed by atoms with Gasteiger partial charge in [-0.2, -0.15) is 0 Å². The average Bonchev–Trinajstić information content (AvgIpc) is 2.79. The van der Waals surface area contributed by atoms with E-state index in [1.807, 2.05) is 39.0 Å². The average molecular weight is 274 g/mol. The molecule has 0 fully saturated rings. The van der Waals surface area contributed by atoms with Crippen LogP contribution in [0.15, 0.2) is 18.2 Å². The number of aromatic nitrogens is 4. The van der Waals surface area contributed by atoms with Crippen LogP contribution < -0.4 is 0 Å². The number of carboxylic acids is 1. The fourth-order valence-corrected chi connectivity index (χ4v) is 2.16. The number of benzene rings is 1. The molecule has 0 bridgehead atoms. The molecule has 1 atom stereocenters. The van der Waals surface area contributed by atoms with Crippen molar-refractivity contribution in [2.75, 3.05) is 0 Å². The fourth-order valence-electron chi connectivity index (χ4n) is 2.16. The van der Waals surface area contributed by atoms with Gasteiger partial charge in [0, 0.05) is 18.5 Å². The Balaban J connectivity index is 2.28. The van der Waals surface area contributed by atoms with E-state index in [9.17, 15) is 4.79 Å². The van der Waals surface area contributed by atoms with Crippen LogP contribution in [0.1, 0.15) is 24.5 Å². The molecular weight excluding hydrogens is 256 g/mol. The molecule has 0 amide bonds. The highest BCUT2D eigenvalue weighted by atomic mass is 16.4. The number of carboxylic acid groups (broad SMARTS) is 1. The van der Waals surface area contributed by atoms with Crippen molar-refractivity contribution in [1.29, 1.82) is 0 Å². The van der Waals surface area contributed by atoms with Gasteiger partial charge in [0.15, 0.2) is 5.82 Å². The minimum absolute atomic E-state index is 0.0279. The Morgan fingerprint density at radius 3 is 2.85 bits per heavy atom. The van der Waals surface area contributed by atoms with Gasteiger partial charge in [0.1, 0.15) is 0 Å². The number of tetrazole rings is 1. The summed E-state index contributed by atoms with van der Waals surface area (Å²) in [7, 11) is 0. The van der Waals surface area contributed by atoms with E-state index in [2.05, 4.69) is 15.5 Å². The number of hydrogen-bond donors (Lipinski definition) is 1. The Hall–Kier alpha value is -2.24. The second-order valence-corrected chi connectivity index (χ2v) is 5.21. The summed E-state index contributed by atoms with van der Waals surface area (Å²) in [4.78, 5) is 10.7.